The van der Waals surface area contributed by atoms with E-state index in [0.29, 0.717) is 24.7 Å². The average molecular weight is 435 g/mol. The fourth-order valence-electron chi connectivity index (χ4n) is 4.07. The maximum absolute atomic E-state index is 12.9. The van der Waals surface area contributed by atoms with E-state index in [4.69, 9.17) is 9.72 Å². The molecule has 2 aromatic heterocycles. The zero-order valence-electron chi connectivity index (χ0n) is 19.2. The molecule has 1 amide bonds. The molecule has 3 aromatic rings. The van der Waals surface area contributed by atoms with Gasteiger partial charge < -0.3 is 14.5 Å². The largest absolute Gasteiger partial charge is 0.497 e. The molecule has 0 spiro atoms. The minimum absolute atomic E-state index is 0.00250. The van der Waals surface area contributed by atoms with Gasteiger partial charge >= 0.3 is 0 Å². The zero-order valence-corrected chi connectivity index (χ0v) is 19.2. The Labute approximate surface area is 188 Å². The molecule has 1 fully saturated rings. The molecule has 8 nitrogen and oxygen atoms in total. The zero-order chi connectivity index (χ0) is 22.7. The second-order valence-electron chi connectivity index (χ2n) is 8.21. The molecule has 168 valence electrons. The monoisotopic (exact) mass is 434 g/mol. The molecule has 8 heteroatoms. The molecule has 0 unspecified atom stereocenters. The van der Waals surface area contributed by atoms with Gasteiger partial charge in [-0.05, 0) is 43.5 Å². The van der Waals surface area contributed by atoms with Gasteiger partial charge in [-0.2, -0.15) is 5.10 Å². The standard InChI is InChI=1S/C24H30N6O2/c1-5-30-15-12-21(27-30)23(31)29-13-10-18(11-14-29)22-20(16-25-24(26-22)28(2)3)17-6-8-19(32-4)9-7-17/h6-9,12,15-16,18H,5,10-11,13-14H2,1-4H3. The maximum Gasteiger partial charge on any atom is 0.274 e. The predicted octanol–water partition coefficient (Wildman–Crippen LogP) is 3.45. The van der Waals surface area contributed by atoms with Crippen LogP contribution in [0.4, 0.5) is 5.95 Å². The molecule has 1 saturated heterocycles. The van der Waals surface area contributed by atoms with Crippen molar-refractivity contribution in [3.8, 4) is 16.9 Å². The van der Waals surface area contributed by atoms with Crippen LogP contribution in [-0.4, -0.2) is 64.9 Å². The van der Waals surface area contributed by atoms with E-state index in [1.165, 1.54) is 0 Å². The van der Waals surface area contributed by atoms with Gasteiger partial charge in [0.1, 0.15) is 11.4 Å². The number of aromatic nitrogens is 4. The summed E-state index contributed by atoms with van der Waals surface area (Å²) in [6, 6.07) is 9.79. The first-order chi connectivity index (χ1) is 15.5. The number of rotatable bonds is 6. The highest BCUT2D eigenvalue weighted by atomic mass is 16.5. The van der Waals surface area contributed by atoms with E-state index < -0.39 is 0 Å². The number of piperidine rings is 1. The minimum Gasteiger partial charge on any atom is -0.497 e. The molecule has 32 heavy (non-hydrogen) atoms. The lowest BCUT2D eigenvalue weighted by atomic mass is 9.88. The van der Waals surface area contributed by atoms with E-state index in [0.717, 1.165) is 42.0 Å². The van der Waals surface area contributed by atoms with Gasteiger partial charge in [0, 0.05) is 57.6 Å². The Morgan fingerprint density at radius 2 is 1.88 bits per heavy atom. The van der Waals surface area contributed by atoms with Crippen molar-refractivity contribution in [2.45, 2.75) is 32.2 Å². The molecule has 1 aromatic carbocycles. The fraction of sp³-hybridized carbons (Fsp3) is 0.417. The number of ether oxygens (including phenoxy) is 1. The molecule has 0 atom stereocenters. The Hall–Kier alpha value is -3.42. The second kappa shape index (κ2) is 9.38. The van der Waals surface area contributed by atoms with Crippen LogP contribution in [0.25, 0.3) is 11.1 Å². The van der Waals surface area contributed by atoms with Gasteiger partial charge in [0.2, 0.25) is 5.95 Å². The van der Waals surface area contributed by atoms with Crippen molar-refractivity contribution >= 4 is 11.9 Å². The van der Waals surface area contributed by atoms with Gasteiger partial charge in [-0.25, -0.2) is 9.97 Å². The van der Waals surface area contributed by atoms with Crippen molar-refractivity contribution in [1.29, 1.82) is 0 Å². The number of methoxy groups -OCH3 is 1. The van der Waals surface area contributed by atoms with E-state index in [9.17, 15) is 4.79 Å². The Kier molecular flexibility index (Phi) is 6.39. The number of benzene rings is 1. The van der Waals surface area contributed by atoms with Crippen LogP contribution in [0.5, 0.6) is 5.75 Å². The summed E-state index contributed by atoms with van der Waals surface area (Å²) in [6.45, 7) is 4.14. The first kappa shape index (κ1) is 21.8. The second-order valence-corrected chi connectivity index (χ2v) is 8.21. The number of hydrogen-bond donors (Lipinski definition) is 0. The number of likely N-dealkylation sites (tertiary alicyclic amines) is 1. The van der Waals surface area contributed by atoms with Crippen LogP contribution in [0.1, 0.15) is 41.9 Å². The van der Waals surface area contributed by atoms with Crippen molar-refractivity contribution in [2.75, 3.05) is 39.2 Å². The van der Waals surface area contributed by atoms with Gasteiger partial charge in [0.15, 0.2) is 0 Å². The number of amides is 1. The number of aryl methyl sites for hydroxylation is 1. The molecular weight excluding hydrogens is 404 g/mol. The molecule has 4 rings (SSSR count). The molecule has 1 aliphatic rings. The number of hydrogen-bond acceptors (Lipinski definition) is 6. The quantitative estimate of drug-likeness (QED) is 0.591. The van der Waals surface area contributed by atoms with Crippen LogP contribution in [0.15, 0.2) is 42.7 Å². The van der Waals surface area contributed by atoms with Crippen LogP contribution < -0.4 is 9.64 Å². The lowest BCUT2D eigenvalue weighted by molar-refractivity contribution is 0.0705. The van der Waals surface area contributed by atoms with Crippen LogP contribution >= 0.6 is 0 Å². The Balaban J connectivity index is 1.56. The maximum atomic E-state index is 12.9. The Morgan fingerprint density at radius 1 is 1.16 bits per heavy atom. The molecule has 1 aliphatic heterocycles. The normalized spacial score (nSPS) is 14.4. The highest BCUT2D eigenvalue weighted by molar-refractivity contribution is 5.92. The van der Waals surface area contributed by atoms with Crippen molar-refractivity contribution in [3.63, 3.8) is 0 Å². The molecule has 3 heterocycles. The summed E-state index contributed by atoms with van der Waals surface area (Å²) in [5.74, 6) is 1.77. The van der Waals surface area contributed by atoms with Crippen LogP contribution in [0.2, 0.25) is 0 Å². The smallest absolute Gasteiger partial charge is 0.274 e. The average Bonchev–Trinajstić information content (AvgIpc) is 3.33. The predicted molar refractivity (Wildman–Crippen MR) is 124 cm³/mol. The van der Waals surface area contributed by atoms with E-state index in [1.807, 2.05) is 67.5 Å². The van der Waals surface area contributed by atoms with Crippen molar-refractivity contribution in [3.05, 3.63) is 54.1 Å². The van der Waals surface area contributed by atoms with Gasteiger partial charge in [-0.15, -0.1) is 0 Å². The summed E-state index contributed by atoms with van der Waals surface area (Å²) in [5, 5.41) is 4.37. The van der Waals surface area contributed by atoms with E-state index in [2.05, 4.69) is 10.1 Å². The number of carbonyl (C=O) groups is 1. The summed E-state index contributed by atoms with van der Waals surface area (Å²) < 4.78 is 7.08. The molecule has 0 radical (unpaired) electrons. The number of anilines is 1. The Bertz CT molecular complexity index is 1070. The highest BCUT2D eigenvalue weighted by Gasteiger charge is 2.28. The lowest BCUT2D eigenvalue weighted by Gasteiger charge is -2.32. The van der Waals surface area contributed by atoms with Gasteiger partial charge in [0.05, 0.1) is 12.8 Å². The molecule has 0 saturated carbocycles. The SMILES string of the molecule is CCn1ccc(C(=O)N2CCC(c3nc(N(C)C)ncc3-c3ccc(OC)cc3)CC2)n1. The van der Waals surface area contributed by atoms with Crippen LogP contribution in [0, 0.1) is 0 Å². The fourth-order valence-corrected chi connectivity index (χ4v) is 4.07. The third-order valence-corrected chi connectivity index (χ3v) is 5.96. The highest BCUT2D eigenvalue weighted by Crippen LogP contribution is 2.35. The first-order valence-corrected chi connectivity index (χ1v) is 11.0. The summed E-state index contributed by atoms with van der Waals surface area (Å²) in [7, 11) is 5.56. The third kappa shape index (κ3) is 4.44. The number of nitrogens with zero attached hydrogens (tertiary/aromatic N) is 6. The lowest BCUT2D eigenvalue weighted by Crippen LogP contribution is -2.38. The first-order valence-electron chi connectivity index (χ1n) is 11.0. The Morgan fingerprint density at radius 3 is 2.47 bits per heavy atom. The number of carbonyl (C=O) groups excluding carboxylic acids is 1. The van der Waals surface area contributed by atoms with Crippen molar-refractivity contribution in [2.24, 2.45) is 0 Å². The van der Waals surface area contributed by atoms with Gasteiger partial charge in [0.25, 0.3) is 5.91 Å². The van der Waals surface area contributed by atoms with Gasteiger partial charge in [-0.3, -0.25) is 9.48 Å². The summed E-state index contributed by atoms with van der Waals surface area (Å²) in [5.41, 5.74) is 3.65. The van der Waals surface area contributed by atoms with Crippen molar-refractivity contribution < 1.29 is 9.53 Å². The topological polar surface area (TPSA) is 76.4 Å². The third-order valence-electron chi connectivity index (χ3n) is 5.96. The van der Waals surface area contributed by atoms with E-state index in [1.54, 1.807) is 17.9 Å². The van der Waals surface area contributed by atoms with Gasteiger partial charge in [-0.1, -0.05) is 12.1 Å². The minimum atomic E-state index is 0.00250. The molecule has 0 bridgehead atoms. The summed E-state index contributed by atoms with van der Waals surface area (Å²) in [6.07, 6.45) is 5.47. The summed E-state index contributed by atoms with van der Waals surface area (Å²) >= 11 is 0. The van der Waals surface area contributed by atoms with Crippen LogP contribution in [0.3, 0.4) is 0 Å². The van der Waals surface area contributed by atoms with Crippen molar-refractivity contribution in [1.82, 2.24) is 24.6 Å². The molecule has 0 N–H and O–H groups in total. The van der Waals surface area contributed by atoms with Crippen LogP contribution in [-0.2, 0) is 6.54 Å². The molecule has 0 aliphatic carbocycles. The summed E-state index contributed by atoms with van der Waals surface area (Å²) in [4.78, 5) is 26.2. The van der Waals surface area contributed by atoms with E-state index in [-0.39, 0.29) is 11.8 Å². The van der Waals surface area contributed by atoms with E-state index >= 15 is 0 Å². The molecular formula is C24H30N6O2.